The second-order valence-corrected chi connectivity index (χ2v) is 8.68. The maximum Gasteiger partial charge on any atom is 0.126 e. The highest BCUT2D eigenvalue weighted by Crippen LogP contribution is 2.35. The van der Waals surface area contributed by atoms with Crippen molar-refractivity contribution >= 4 is 11.3 Å². The Morgan fingerprint density at radius 3 is 2.68 bits per heavy atom. The van der Waals surface area contributed by atoms with E-state index in [1.54, 1.807) is 17.4 Å². The minimum Gasteiger partial charge on any atom is -0.396 e. The lowest BCUT2D eigenvalue weighted by Gasteiger charge is -2.41. The Balaban J connectivity index is 1.46. The molecule has 1 aliphatic rings. The van der Waals surface area contributed by atoms with Crippen molar-refractivity contribution in [1.82, 2.24) is 9.88 Å². The average Bonchev–Trinajstić information content (AvgIpc) is 3.19. The summed E-state index contributed by atoms with van der Waals surface area (Å²) in [5.74, 6) is -0.181. The van der Waals surface area contributed by atoms with Crippen molar-refractivity contribution in [3.8, 4) is 11.3 Å². The van der Waals surface area contributed by atoms with E-state index < -0.39 is 0 Å². The highest BCUT2D eigenvalue weighted by molar-refractivity contribution is 7.09. The van der Waals surface area contributed by atoms with E-state index >= 15 is 0 Å². The summed E-state index contributed by atoms with van der Waals surface area (Å²) in [5.41, 5.74) is 2.55. The molecular formula is C23H25FN2OS. The van der Waals surface area contributed by atoms with Gasteiger partial charge >= 0.3 is 0 Å². The van der Waals surface area contributed by atoms with Crippen LogP contribution in [0.25, 0.3) is 11.3 Å². The Bertz CT molecular complexity index is 914. The van der Waals surface area contributed by atoms with Gasteiger partial charge in [0.2, 0.25) is 0 Å². The Hall–Kier alpha value is -2.08. The fraction of sp³-hybridized carbons (Fsp3) is 0.348. The first-order valence-corrected chi connectivity index (χ1v) is 10.6. The third-order valence-corrected chi connectivity index (χ3v) is 6.41. The average molecular weight is 397 g/mol. The fourth-order valence-electron chi connectivity index (χ4n) is 4.14. The first kappa shape index (κ1) is 19.2. The van der Waals surface area contributed by atoms with E-state index in [0.717, 1.165) is 48.7 Å². The number of rotatable bonds is 6. The molecule has 1 N–H and O–H groups in total. The predicted octanol–water partition coefficient (Wildman–Crippen LogP) is 4.77. The van der Waals surface area contributed by atoms with Crippen LogP contribution in [0.15, 0.2) is 60.0 Å². The zero-order valence-electron chi connectivity index (χ0n) is 15.9. The molecule has 0 bridgehead atoms. The topological polar surface area (TPSA) is 36.4 Å². The van der Waals surface area contributed by atoms with Crippen LogP contribution in [-0.4, -0.2) is 34.7 Å². The lowest BCUT2D eigenvalue weighted by atomic mass is 9.75. The normalized spacial score (nSPS) is 20.4. The van der Waals surface area contributed by atoms with Gasteiger partial charge in [0.25, 0.3) is 0 Å². The van der Waals surface area contributed by atoms with Crippen LogP contribution < -0.4 is 0 Å². The smallest absolute Gasteiger partial charge is 0.126 e. The summed E-state index contributed by atoms with van der Waals surface area (Å²) in [6.07, 6.45) is 2.49. The number of nitrogens with zero attached hydrogens (tertiary/aromatic N) is 2. The summed E-state index contributed by atoms with van der Waals surface area (Å²) in [7, 11) is 0. The number of aliphatic hydroxyl groups excluding tert-OH is 1. The quantitative estimate of drug-likeness (QED) is 0.652. The molecule has 4 rings (SSSR count). The van der Waals surface area contributed by atoms with Gasteiger partial charge < -0.3 is 5.11 Å². The summed E-state index contributed by atoms with van der Waals surface area (Å²) >= 11 is 1.68. The second kappa shape index (κ2) is 8.52. The van der Waals surface area contributed by atoms with Gasteiger partial charge in [0, 0.05) is 22.9 Å². The third-order valence-electron chi connectivity index (χ3n) is 5.58. The number of hydrogen-bond acceptors (Lipinski definition) is 4. The number of likely N-dealkylation sites (tertiary alicyclic amines) is 1. The van der Waals surface area contributed by atoms with E-state index in [9.17, 15) is 9.50 Å². The van der Waals surface area contributed by atoms with E-state index in [2.05, 4.69) is 22.4 Å². The van der Waals surface area contributed by atoms with Crippen LogP contribution >= 0.6 is 11.3 Å². The van der Waals surface area contributed by atoms with Gasteiger partial charge in [-0.15, -0.1) is 11.3 Å². The largest absolute Gasteiger partial charge is 0.396 e. The van der Waals surface area contributed by atoms with Gasteiger partial charge in [-0.3, -0.25) is 4.90 Å². The highest BCUT2D eigenvalue weighted by Gasteiger charge is 2.36. The van der Waals surface area contributed by atoms with E-state index in [0.29, 0.717) is 12.0 Å². The van der Waals surface area contributed by atoms with Crippen molar-refractivity contribution in [3.63, 3.8) is 0 Å². The Morgan fingerprint density at radius 2 is 1.89 bits per heavy atom. The van der Waals surface area contributed by atoms with Crippen molar-refractivity contribution in [1.29, 1.82) is 0 Å². The zero-order chi connectivity index (χ0) is 19.4. The Kier molecular flexibility index (Phi) is 5.85. The second-order valence-electron chi connectivity index (χ2n) is 7.73. The number of thiazole rings is 1. The number of aliphatic hydroxyl groups is 1. The van der Waals surface area contributed by atoms with E-state index in [-0.39, 0.29) is 17.8 Å². The van der Waals surface area contributed by atoms with E-state index in [4.69, 9.17) is 4.98 Å². The molecule has 1 fully saturated rings. The lowest BCUT2D eigenvalue weighted by molar-refractivity contribution is 0.0283. The van der Waals surface area contributed by atoms with Crippen LogP contribution in [0.3, 0.4) is 0 Å². The molecule has 3 nitrogen and oxygen atoms in total. The van der Waals surface area contributed by atoms with Gasteiger partial charge in [-0.25, -0.2) is 9.37 Å². The molecule has 2 aromatic carbocycles. The SMILES string of the molecule is OCC1(Cc2ccccc2F)CCCN(Cc2nc(-c3ccccc3)cs2)C1. The summed E-state index contributed by atoms with van der Waals surface area (Å²) in [5, 5.41) is 13.4. The van der Waals surface area contributed by atoms with E-state index in [1.165, 1.54) is 6.07 Å². The summed E-state index contributed by atoms with van der Waals surface area (Å²) < 4.78 is 14.2. The van der Waals surface area contributed by atoms with Crippen LogP contribution in [0.4, 0.5) is 4.39 Å². The molecule has 146 valence electrons. The molecule has 1 saturated heterocycles. The molecule has 0 spiro atoms. The minimum atomic E-state index is -0.292. The number of piperidine rings is 1. The van der Waals surface area contributed by atoms with Gasteiger partial charge in [0.05, 0.1) is 18.8 Å². The molecule has 28 heavy (non-hydrogen) atoms. The first-order chi connectivity index (χ1) is 13.7. The fourth-order valence-corrected chi connectivity index (χ4v) is 4.98. The molecule has 0 saturated carbocycles. The van der Waals surface area contributed by atoms with Crippen LogP contribution in [0.5, 0.6) is 0 Å². The van der Waals surface area contributed by atoms with Gasteiger partial charge in [-0.05, 0) is 37.4 Å². The number of aromatic nitrogens is 1. The van der Waals surface area contributed by atoms with Gasteiger partial charge in [-0.2, -0.15) is 0 Å². The Morgan fingerprint density at radius 1 is 1.11 bits per heavy atom. The molecule has 1 aliphatic heterocycles. The molecule has 3 aromatic rings. The van der Waals surface area contributed by atoms with Crippen molar-refractivity contribution in [2.24, 2.45) is 5.41 Å². The molecule has 0 amide bonds. The first-order valence-electron chi connectivity index (χ1n) is 9.74. The standard InChI is InChI=1S/C23H25FN2OS/c24-20-10-5-4-9-19(20)13-23(17-27)11-6-12-26(16-23)14-22-25-21(15-28-22)18-7-2-1-3-8-18/h1-5,7-10,15,27H,6,11-14,16-17H2. The maximum atomic E-state index is 14.2. The summed E-state index contributed by atoms with van der Waals surface area (Å²) in [4.78, 5) is 7.16. The summed E-state index contributed by atoms with van der Waals surface area (Å²) in [6, 6.07) is 17.1. The van der Waals surface area contributed by atoms with Crippen LogP contribution in [-0.2, 0) is 13.0 Å². The van der Waals surface area contributed by atoms with Gasteiger partial charge in [0.1, 0.15) is 10.8 Å². The van der Waals surface area contributed by atoms with Crippen molar-refractivity contribution < 1.29 is 9.50 Å². The predicted molar refractivity (Wildman–Crippen MR) is 112 cm³/mol. The number of benzene rings is 2. The van der Waals surface area contributed by atoms with Gasteiger partial charge in [-0.1, -0.05) is 48.5 Å². The number of hydrogen-bond donors (Lipinski definition) is 1. The molecular weight excluding hydrogens is 371 g/mol. The van der Waals surface area contributed by atoms with Gasteiger partial charge in [0.15, 0.2) is 0 Å². The number of halogens is 1. The van der Waals surface area contributed by atoms with Crippen molar-refractivity contribution in [3.05, 3.63) is 76.4 Å². The monoisotopic (exact) mass is 396 g/mol. The third kappa shape index (κ3) is 4.32. The maximum absolute atomic E-state index is 14.2. The summed E-state index contributed by atoms with van der Waals surface area (Å²) in [6.45, 7) is 2.60. The van der Waals surface area contributed by atoms with Crippen LogP contribution in [0.1, 0.15) is 23.4 Å². The molecule has 1 aromatic heterocycles. The zero-order valence-corrected chi connectivity index (χ0v) is 16.7. The molecule has 1 unspecified atom stereocenters. The minimum absolute atomic E-state index is 0.0744. The van der Waals surface area contributed by atoms with E-state index in [1.807, 2.05) is 30.3 Å². The van der Waals surface area contributed by atoms with Crippen molar-refractivity contribution in [2.45, 2.75) is 25.8 Å². The Labute approximate surface area is 169 Å². The molecule has 1 atom stereocenters. The lowest BCUT2D eigenvalue weighted by Crippen LogP contribution is -2.46. The molecule has 2 heterocycles. The molecule has 0 radical (unpaired) electrons. The molecule has 5 heteroatoms. The molecule has 0 aliphatic carbocycles. The van der Waals surface area contributed by atoms with Crippen LogP contribution in [0, 0.1) is 11.2 Å². The highest BCUT2D eigenvalue weighted by atomic mass is 32.1. The van der Waals surface area contributed by atoms with Crippen molar-refractivity contribution in [2.75, 3.05) is 19.7 Å². The van der Waals surface area contributed by atoms with Crippen LogP contribution in [0.2, 0.25) is 0 Å².